The molecule has 0 heterocycles. The number of hydrogen-bond acceptors (Lipinski definition) is 4. The Labute approximate surface area is 102 Å². The first-order valence-corrected chi connectivity index (χ1v) is 5.03. The minimum absolute atomic E-state index is 0.0515. The summed E-state index contributed by atoms with van der Waals surface area (Å²) in [6, 6.07) is 1.51. The molecule has 0 unspecified atom stereocenters. The topological polar surface area (TPSA) is 92.5 Å². The van der Waals surface area contributed by atoms with Crippen LogP contribution in [0.5, 0.6) is 0 Å². The number of nitrogens with one attached hydrogen (secondary N) is 1. The van der Waals surface area contributed by atoms with Crippen LogP contribution < -0.4 is 5.32 Å². The van der Waals surface area contributed by atoms with Gasteiger partial charge in [-0.1, -0.05) is 6.08 Å². The first kappa shape index (κ1) is 13.6. The highest BCUT2D eigenvalue weighted by Gasteiger charge is 2.21. The summed E-state index contributed by atoms with van der Waals surface area (Å²) in [7, 11) is 0. The molecule has 18 heavy (non-hydrogen) atoms. The number of rotatable bonds is 6. The van der Waals surface area contributed by atoms with Crippen molar-refractivity contribution in [3.63, 3.8) is 0 Å². The molecular weight excluding hydrogens is 243 g/mol. The molecular formula is C11H11FN2O4. The Kier molecular flexibility index (Phi) is 4.36. The Hall–Kier alpha value is -2.44. The van der Waals surface area contributed by atoms with Gasteiger partial charge >= 0.3 is 5.97 Å². The molecule has 1 rings (SSSR count). The Morgan fingerprint density at radius 1 is 1.61 bits per heavy atom. The first-order chi connectivity index (χ1) is 8.47. The lowest BCUT2D eigenvalue weighted by molar-refractivity contribution is -0.384. The predicted octanol–water partition coefficient (Wildman–Crippen LogP) is 2.42. The van der Waals surface area contributed by atoms with Crippen LogP contribution >= 0.6 is 0 Å². The van der Waals surface area contributed by atoms with E-state index in [1.54, 1.807) is 6.08 Å². The number of halogens is 1. The van der Waals surface area contributed by atoms with E-state index in [4.69, 9.17) is 5.11 Å². The predicted molar refractivity (Wildman–Crippen MR) is 63.3 cm³/mol. The van der Waals surface area contributed by atoms with Crippen molar-refractivity contribution in [2.75, 3.05) is 11.9 Å². The minimum Gasteiger partial charge on any atom is -0.478 e. The number of carboxylic acid groups (broad SMARTS) is 1. The molecule has 6 nitrogen and oxygen atoms in total. The molecule has 0 saturated heterocycles. The summed E-state index contributed by atoms with van der Waals surface area (Å²) in [6.45, 7) is 3.82. The summed E-state index contributed by atoms with van der Waals surface area (Å²) >= 11 is 0. The molecule has 0 saturated carbocycles. The van der Waals surface area contributed by atoms with Gasteiger partial charge in [0.2, 0.25) is 0 Å². The summed E-state index contributed by atoms with van der Waals surface area (Å²) in [5.41, 5.74) is -1.25. The zero-order valence-corrected chi connectivity index (χ0v) is 9.35. The fourth-order valence-electron chi connectivity index (χ4n) is 1.33. The lowest BCUT2D eigenvalue weighted by Gasteiger charge is -2.07. The maximum atomic E-state index is 13.4. The summed E-state index contributed by atoms with van der Waals surface area (Å²) < 4.78 is 13.4. The van der Waals surface area contributed by atoms with Crippen LogP contribution in [0.25, 0.3) is 0 Å². The van der Waals surface area contributed by atoms with Crippen LogP contribution in [0.4, 0.5) is 15.8 Å². The highest BCUT2D eigenvalue weighted by Crippen LogP contribution is 2.27. The normalized spacial score (nSPS) is 9.83. The molecule has 0 amide bonds. The maximum Gasteiger partial charge on any atom is 0.338 e. The van der Waals surface area contributed by atoms with Crippen LogP contribution in [0.2, 0.25) is 0 Å². The Bertz CT molecular complexity index is 502. The van der Waals surface area contributed by atoms with Crippen LogP contribution in [0, 0.1) is 15.9 Å². The van der Waals surface area contributed by atoms with Crippen molar-refractivity contribution in [3.8, 4) is 0 Å². The second-order valence-electron chi connectivity index (χ2n) is 3.42. The van der Waals surface area contributed by atoms with Gasteiger partial charge in [-0.3, -0.25) is 10.1 Å². The molecule has 0 bridgehead atoms. The van der Waals surface area contributed by atoms with Crippen LogP contribution in [0.1, 0.15) is 16.8 Å². The molecule has 7 heteroatoms. The van der Waals surface area contributed by atoms with Crippen molar-refractivity contribution in [1.29, 1.82) is 0 Å². The third-order valence-electron chi connectivity index (χ3n) is 2.18. The van der Waals surface area contributed by atoms with Gasteiger partial charge in [0.25, 0.3) is 5.69 Å². The smallest absolute Gasteiger partial charge is 0.338 e. The summed E-state index contributed by atoms with van der Waals surface area (Å²) in [5.74, 6) is -2.57. The molecule has 0 aliphatic carbocycles. The molecule has 2 N–H and O–H groups in total. The number of aromatic carboxylic acids is 1. The van der Waals surface area contributed by atoms with E-state index in [-0.39, 0.29) is 5.69 Å². The van der Waals surface area contributed by atoms with E-state index in [9.17, 15) is 19.3 Å². The van der Waals surface area contributed by atoms with Gasteiger partial charge in [0, 0.05) is 18.7 Å². The average Bonchev–Trinajstić information content (AvgIpc) is 2.28. The van der Waals surface area contributed by atoms with E-state index in [1.165, 1.54) is 0 Å². The zero-order chi connectivity index (χ0) is 13.7. The van der Waals surface area contributed by atoms with E-state index in [2.05, 4.69) is 11.9 Å². The van der Waals surface area contributed by atoms with E-state index < -0.39 is 28.0 Å². The molecule has 0 aliphatic heterocycles. The average molecular weight is 254 g/mol. The Balaban J connectivity index is 3.16. The molecule has 1 aromatic carbocycles. The molecule has 0 spiro atoms. The molecule has 0 aromatic heterocycles. The maximum absolute atomic E-state index is 13.4. The highest BCUT2D eigenvalue weighted by molar-refractivity contribution is 5.90. The molecule has 0 radical (unpaired) electrons. The van der Waals surface area contributed by atoms with Crippen molar-refractivity contribution in [2.45, 2.75) is 6.42 Å². The van der Waals surface area contributed by atoms with Gasteiger partial charge in [-0.15, -0.1) is 6.58 Å². The molecule has 0 aliphatic rings. The molecule has 1 aromatic rings. The van der Waals surface area contributed by atoms with Crippen LogP contribution in [-0.2, 0) is 0 Å². The minimum atomic E-state index is -1.55. The first-order valence-electron chi connectivity index (χ1n) is 5.03. The molecule has 0 fully saturated rings. The fourth-order valence-corrected chi connectivity index (χ4v) is 1.33. The van der Waals surface area contributed by atoms with Gasteiger partial charge in [0.15, 0.2) is 0 Å². The highest BCUT2D eigenvalue weighted by atomic mass is 19.1. The second kappa shape index (κ2) is 5.76. The number of nitrogens with zero attached hydrogens (tertiary/aromatic N) is 1. The van der Waals surface area contributed by atoms with Gasteiger partial charge < -0.3 is 10.4 Å². The van der Waals surface area contributed by atoms with Crippen molar-refractivity contribution in [2.24, 2.45) is 0 Å². The van der Waals surface area contributed by atoms with Gasteiger partial charge in [-0.25, -0.2) is 9.18 Å². The zero-order valence-electron chi connectivity index (χ0n) is 9.35. The van der Waals surface area contributed by atoms with Crippen molar-refractivity contribution >= 4 is 17.3 Å². The van der Waals surface area contributed by atoms with Crippen molar-refractivity contribution in [1.82, 2.24) is 0 Å². The van der Waals surface area contributed by atoms with Crippen molar-refractivity contribution in [3.05, 3.63) is 46.3 Å². The van der Waals surface area contributed by atoms with Crippen LogP contribution in [0.15, 0.2) is 24.8 Å². The van der Waals surface area contributed by atoms with Gasteiger partial charge in [0.1, 0.15) is 17.1 Å². The summed E-state index contributed by atoms with van der Waals surface area (Å²) in [6.07, 6.45) is 2.14. The Morgan fingerprint density at radius 3 is 2.78 bits per heavy atom. The third kappa shape index (κ3) is 3.03. The SMILES string of the molecule is C=CCCNc1cc(F)c(C(=O)O)cc1[N+](=O)[O-]. The lowest BCUT2D eigenvalue weighted by atomic mass is 10.1. The van der Waals surface area contributed by atoms with Gasteiger partial charge in [-0.2, -0.15) is 0 Å². The van der Waals surface area contributed by atoms with E-state index in [0.29, 0.717) is 19.0 Å². The third-order valence-corrected chi connectivity index (χ3v) is 2.18. The number of nitro benzene ring substituents is 1. The van der Waals surface area contributed by atoms with Gasteiger partial charge in [0.05, 0.1) is 4.92 Å². The standard InChI is InChI=1S/C11H11FN2O4/c1-2-3-4-13-9-6-8(12)7(11(15)16)5-10(9)14(17)18/h2,5-6,13H,1,3-4H2,(H,15,16). The Morgan fingerprint density at radius 2 is 2.28 bits per heavy atom. The monoisotopic (exact) mass is 254 g/mol. The van der Waals surface area contributed by atoms with E-state index in [1.807, 2.05) is 0 Å². The van der Waals surface area contributed by atoms with E-state index >= 15 is 0 Å². The molecule has 96 valence electrons. The second-order valence-corrected chi connectivity index (χ2v) is 3.42. The summed E-state index contributed by atoms with van der Waals surface area (Å²) in [5, 5.41) is 22.1. The summed E-state index contributed by atoms with van der Waals surface area (Å²) in [4.78, 5) is 20.7. The van der Waals surface area contributed by atoms with E-state index in [0.717, 1.165) is 6.07 Å². The number of nitro groups is 1. The number of carboxylic acids is 1. The largest absolute Gasteiger partial charge is 0.478 e. The quantitative estimate of drug-likeness (QED) is 0.352. The lowest BCUT2D eigenvalue weighted by Crippen LogP contribution is -2.07. The van der Waals surface area contributed by atoms with Gasteiger partial charge in [-0.05, 0) is 6.42 Å². The van der Waals surface area contributed by atoms with Crippen molar-refractivity contribution < 1.29 is 19.2 Å². The number of hydrogen-bond donors (Lipinski definition) is 2. The molecule has 0 atom stereocenters. The van der Waals surface area contributed by atoms with Crippen LogP contribution in [0.3, 0.4) is 0 Å². The van der Waals surface area contributed by atoms with Crippen LogP contribution in [-0.4, -0.2) is 22.5 Å². The number of benzene rings is 1. The number of carbonyl (C=O) groups is 1. The fraction of sp³-hybridized carbons (Fsp3) is 0.182. The number of anilines is 1.